The molecule has 0 atom stereocenters. The summed E-state index contributed by atoms with van der Waals surface area (Å²) in [6.07, 6.45) is 3.79. The number of hydrogen-bond acceptors (Lipinski definition) is 3. The Balaban J connectivity index is 1.37. The standard InChI is InChI=1S/C20H22BrN3O/c21-17-6-4-16(5-7-17)20(8-9-20)19(25)24-13-11-23(12-14-24)15-18-3-1-2-10-22-18/h1-7,10H,8-9,11-15H2. The molecule has 0 unspecified atom stereocenters. The first-order valence-corrected chi connectivity index (χ1v) is 9.64. The van der Waals surface area contributed by atoms with Crippen molar-refractivity contribution in [3.63, 3.8) is 0 Å². The molecule has 0 bridgehead atoms. The molecule has 25 heavy (non-hydrogen) atoms. The first-order valence-electron chi connectivity index (χ1n) is 8.85. The van der Waals surface area contributed by atoms with Crippen LogP contribution >= 0.6 is 15.9 Å². The Morgan fingerprint density at radius 1 is 1.04 bits per heavy atom. The highest BCUT2D eigenvalue weighted by Crippen LogP contribution is 2.49. The number of hydrogen-bond donors (Lipinski definition) is 0. The summed E-state index contributed by atoms with van der Waals surface area (Å²) in [6.45, 7) is 4.31. The first kappa shape index (κ1) is 16.7. The number of carbonyl (C=O) groups excluding carboxylic acids is 1. The number of piperazine rings is 1. The number of pyridine rings is 1. The summed E-state index contributed by atoms with van der Waals surface area (Å²) in [5.74, 6) is 0.312. The molecule has 4 nitrogen and oxygen atoms in total. The molecule has 4 rings (SSSR count). The van der Waals surface area contributed by atoms with Gasteiger partial charge in [0.15, 0.2) is 0 Å². The first-order chi connectivity index (χ1) is 12.2. The van der Waals surface area contributed by atoms with E-state index in [1.165, 1.54) is 0 Å². The van der Waals surface area contributed by atoms with Gasteiger partial charge in [-0.05, 0) is 42.7 Å². The molecule has 0 radical (unpaired) electrons. The van der Waals surface area contributed by atoms with Crippen LogP contribution in [0.5, 0.6) is 0 Å². The smallest absolute Gasteiger partial charge is 0.233 e. The normalized spacial score (nSPS) is 19.6. The van der Waals surface area contributed by atoms with Crippen molar-refractivity contribution in [2.45, 2.75) is 24.8 Å². The van der Waals surface area contributed by atoms with Crippen LogP contribution in [0.25, 0.3) is 0 Å². The van der Waals surface area contributed by atoms with Crippen molar-refractivity contribution in [3.8, 4) is 0 Å². The molecule has 0 spiro atoms. The summed E-state index contributed by atoms with van der Waals surface area (Å²) in [5.41, 5.74) is 2.00. The van der Waals surface area contributed by atoms with Gasteiger partial charge in [0.2, 0.25) is 5.91 Å². The van der Waals surface area contributed by atoms with Crippen LogP contribution in [0.2, 0.25) is 0 Å². The van der Waals surface area contributed by atoms with Crippen molar-refractivity contribution in [1.29, 1.82) is 0 Å². The van der Waals surface area contributed by atoms with Gasteiger partial charge >= 0.3 is 0 Å². The molecule has 2 fully saturated rings. The van der Waals surface area contributed by atoms with Gasteiger partial charge < -0.3 is 4.90 Å². The van der Waals surface area contributed by atoms with E-state index >= 15 is 0 Å². The molecule has 130 valence electrons. The molecule has 2 heterocycles. The van der Waals surface area contributed by atoms with E-state index in [-0.39, 0.29) is 5.41 Å². The second-order valence-electron chi connectivity index (χ2n) is 6.98. The molecule has 1 saturated heterocycles. The van der Waals surface area contributed by atoms with Crippen LogP contribution in [0.15, 0.2) is 53.1 Å². The Morgan fingerprint density at radius 2 is 1.76 bits per heavy atom. The molecule has 5 heteroatoms. The lowest BCUT2D eigenvalue weighted by molar-refractivity contribution is -0.135. The number of rotatable bonds is 4. The maximum Gasteiger partial charge on any atom is 0.233 e. The Morgan fingerprint density at radius 3 is 2.36 bits per heavy atom. The molecular weight excluding hydrogens is 378 g/mol. The van der Waals surface area contributed by atoms with Gasteiger partial charge in [-0.25, -0.2) is 0 Å². The zero-order valence-electron chi connectivity index (χ0n) is 14.2. The fourth-order valence-corrected chi connectivity index (χ4v) is 3.92. The van der Waals surface area contributed by atoms with Crippen LogP contribution in [0.4, 0.5) is 0 Å². The molecule has 1 aliphatic heterocycles. The zero-order valence-corrected chi connectivity index (χ0v) is 15.8. The third-order valence-electron chi connectivity index (χ3n) is 5.33. The zero-order chi connectivity index (χ0) is 17.3. The Kier molecular flexibility index (Phi) is 4.61. The SMILES string of the molecule is O=C(N1CCN(Cc2ccccn2)CC1)C1(c2ccc(Br)cc2)CC1. The number of benzene rings is 1. The summed E-state index contributed by atoms with van der Waals surface area (Å²) in [6, 6.07) is 14.3. The Hall–Kier alpha value is -1.72. The van der Waals surface area contributed by atoms with Gasteiger partial charge in [-0.2, -0.15) is 0 Å². The van der Waals surface area contributed by atoms with E-state index in [1.54, 1.807) is 0 Å². The van der Waals surface area contributed by atoms with E-state index in [1.807, 2.05) is 30.5 Å². The summed E-state index contributed by atoms with van der Waals surface area (Å²) in [4.78, 5) is 22.0. The molecule has 1 aromatic heterocycles. The fraction of sp³-hybridized carbons (Fsp3) is 0.400. The number of halogens is 1. The van der Waals surface area contributed by atoms with Gasteiger partial charge in [0.25, 0.3) is 0 Å². The lowest BCUT2D eigenvalue weighted by Crippen LogP contribution is -2.51. The predicted octanol–water partition coefficient (Wildman–Crippen LogP) is 3.22. The molecule has 1 amide bonds. The number of carbonyl (C=O) groups is 1. The maximum absolute atomic E-state index is 13.1. The molecule has 0 N–H and O–H groups in total. The van der Waals surface area contributed by atoms with Crippen LogP contribution in [0, 0.1) is 0 Å². The van der Waals surface area contributed by atoms with Gasteiger partial charge in [0.05, 0.1) is 11.1 Å². The van der Waals surface area contributed by atoms with Crippen molar-refractivity contribution in [3.05, 3.63) is 64.4 Å². The van der Waals surface area contributed by atoms with E-state index < -0.39 is 0 Å². The fourth-order valence-electron chi connectivity index (χ4n) is 3.65. The maximum atomic E-state index is 13.1. The third-order valence-corrected chi connectivity index (χ3v) is 5.86. The minimum Gasteiger partial charge on any atom is -0.339 e. The Bertz CT molecular complexity index is 735. The number of nitrogens with zero attached hydrogens (tertiary/aromatic N) is 3. The number of aromatic nitrogens is 1. The van der Waals surface area contributed by atoms with Crippen LogP contribution in [0.1, 0.15) is 24.1 Å². The monoisotopic (exact) mass is 399 g/mol. The third kappa shape index (κ3) is 3.48. The second kappa shape index (κ2) is 6.89. The highest BCUT2D eigenvalue weighted by Gasteiger charge is 2.53. The van der Waals surface area contributed by atoms with Crippen LogP contribution in [-0.2, 0) is 16.8 Å². The summed E-state index contributed by atoms with van der Waals surface area (Å²) < 4.78 is 1.06. The molecule has 2 aliphatic rings. The van der Waals surface area contributed by atoms with Crippen LogP contribution in [0.3, 0.4) is 0 Å². The van der Waals surface area contributed by atoms with E-state index in [9.17, 15) is 4.79 Å². The van der Waals surface area contributed by atoms with Crippen molar-refractivity contribution >= 4 is 21.8 Å². The highest BCUT2D eigenvalue weighted by atomic mass is 79.9. The average molecular weight is 400 g/mol. The lowest BCUT2D eigenvalue weighted by atomic mass is 9.94. The second-order valence-corrected chi connectivity index (χ2v) is 7.89. The van der Waals surface area contributed by atoms with E-state index in [0.29, 0.717) is 5.91 Å². The number of amides is 1. The minimum absolute atomic E-state index is 0.260. The topological polar surface area (TPSA) is 36.4 Å². The van der Waals surface area contributed by atoms with E-state index in [0.717, 1.165) is 61.3 Å². The van der Waals surface area contributed by atoms with Crippen molar-refractivity contribution < 1.29 is 4.79 Å². The quantitative estimate of drug-likeness (QED) is 0.791. The van der Waals surface area contributed by atoms with Crippen LogP contribution in [-0.4, -0.2) is 46.9 Å². The van der Waals surface area contributed by atoms with Gasteiger partial charge in [-0.3, -0.25) is 14.7 Å². The molecule has 2 aromatic rings. The van der Waals surface area contributed by atoms with Crippen LogP contribution < -0.4 is 0 Å². The largest absolute Gasteiger partial charge is 0.339 e. The highest BCUT2D eigenvalue weighted by molar-refractivity contribution is 9.10. The van der Waals surface area contributed by atoms with Crippen molar-refractivity contribution in [1.82, 2.24) is 14.8 Å². The molecule has 1 saturated carbocycles. The van der Waals surface area contributed by atoms with E-state index in [2.05, 4.69) is 48.9 Å². The molecular formula is C20H22BrN3O. The van der Waals surface area contributed by atoms with Gasteiger partial charge in [-0.15, -0.1) is 0 Å². The molecule has 1 aromatic carbocycles. The summed E-state index contributed by atoms with van der Waals surface area (Å²) in [5, 5.41) is 0. The summed E-state index contributed by atoms with van der Waals surface area (Å²) in [7, 11) is 0. The van der Waals surface area contributed by atoms with Gasteiger partial charge in [0, 0.05) is 43.4 Å². The summed E-state index contributed by atoms with van der Waals surface area (Å²) >= 11 is 3.47. The van der Waals surface area contributed by atoms with Crippen molar-refractivity contribution in [2.24, 2.45) is 0 Å². The van der Waals surface area contributed by atoms with Gasteiger partial charge in [-0.1, -0.05) is 34.1 Å². The van der Waals surface area contributed by atoms with Crippen molar-refractivity contribution in [2.75, 3.05) is 26.2 Å². The predicted molar refractivity (Wildman–Crippen MR) is 101 cm³/mol. The van der Waals surface area contributed by atoms with Gasteiger partial charge in [0.1, 0.15) is 0 Å². The lowest BCUT2D eigenvalue weighted by Gasteiger charge is -2.36. The average Bonchev–Trinajstić information content (AvgIpc) is 3.45. The molecule has 1 aliphatic carbocycles. The Labute approximate surface area is 157 Å². The minimum atomic E-state index is -0.260. The van der Waals surface area contributed by atoms with E-state index in [4.69, 9.17) is 0 Å².